The van der Waals surface area contributed by atoms with Gasteiger partial charge in [-0.25, -0.2) is 0 Å². The van der Waals surface area contributed by atoms with Gasteiger partial charge in [0, 0.05) is 0 Å². The van der Waals surface area contributed by atoms with Crippen molar-refractivity contribution >= 4 is 0 Å². The van der Waals surface area contributed by atoms with Crippen molar-refractivity contribution in [3.8, 4) is 0 Å². The number of allylic oxidation sites excluding steroid dienone is 1. The molecule has 1 heteroatoms. The lowest BCUT2D eigenvalue weighted by Gasteiger charge is -1.98. The third-order valence-corrected chi connectivity index (χ3v) is 1.99. The van der Waals surface area contributed by atoms with Crippen LogP contribution in [-0.2, 0) is 4.74 Å². The molecule has 0 radical (unpaired) electrons. The van der Waals surface area contributed by atoms with Crippen molar-refractivity contribution < 1.29 is 4.74 Å². The summed E-state index contributed by atoms with van der Waals surface area (Å²) in [6, 6.07) is 0. The SMILES string of the molecule is CC=C(CCC)C1OC1C. The van der Waals surface area contributed by atoms with E-state index >= 15 is 0 Å². The molecule has 1 fully saturated rings. The van der Waals surface area contributed by atoms with Crippen LogP contribution in [0.25, 0.3) is 0 Å². The van der Waals surface area contributed by atoms with Gasteiger partial charge in [0.05, 0.1) is 6.10 Å². The lowest BCUT2D eigenvalue weighted by atomic mass is 10.1. The average molecular weight is 140 g/mol. The summed E-state index contributed by atoms with van der Waals surface area (Å²) < 4.78 is 5.35. The summed E-state index contributed by atoms with van der Waals surface area (Å²) >= 11 is 0. The molecule has 0 N–H and O–H groups in total. The van der Waals surface area contributed by atoms with E-state index in [0.29, 0.717) is 12.2 Å². The van der Waals surface area contributed by atoms with Crippen LogP contribution in [0.2, 0.25) is 0 Å². The maximum atomic E-state index is 5.35. The first kappa shape index (κ1) is 7.80. The lowest BCUT2D eigenvalue weighted by molar-refractivity contribution is 0.391. The highest BCUT2D eigenvalue weighted by molar-refractivity contribution is 5.15. The molecule has 0 saturated carbocycles. The molecule has 1 nitrogen and oxygen atoms in total. The molecule has 0 aliphatic carbocycles. The molecule has 2 unspecified atom stereocenters. The molecule has 0 aromatic heterocycles. The molecule has 1 aliphatic rings. The summed E-state index contributed by atoms with van der Waals surface area (Å²) in [4.78, 5) is 0. The number of epoxide rings is 1. The van der Waals surface area contributed by atoms with Crippen LogP contribution in [0.4, 0.5) is 0 Å². The van der Waals surface area contributed by atoms with Gasteiger partial charge in [-0.3, -0.25) is 0 Å². The monoisotopic (exact) mass is 140 g/mol. The van der Waals surface area contributed by atoms with Gasteiger partial charge in [-0.1, -0.05) is 19.4 Å². The number of rotatable bonds is 3. The third-order valence-electron chi connectivity index (χ3n) is 1.99. The van der Waals surface area contributed by atoms with E-state index in [4.69, 9.17) is 4.74 Å². The smallest absolute Gasteiger partial charge is 0.105 e. The van der Waals surface area contributed by atoms with Crippen LogP contribution in [0, 0.1) is 0 Å². The molecule has 1 aliphatic heterocycles. The van der Waals surface area contributed by atoms with Gasteiger partial charge >= 0.3 is 0 Å². The minimum atomic E-state index is 0.463. The summed E-state index contributed by atoms with van der Waals surface area (Å²) in [6.45, 7) is 6.43. The van der Waals surface area contributed by atoms with Crippen LogP contribution in [0.1, 0.15) is 33.6 Å². The minimum absolute atomic E-state index is 0.463. The topological polar surface area (TPSA) is 12.5 Å². The van der Waals surface area contributed by atoms with Gasteiger partial charge < -0.3 is 4.74 Å². The van der Waals surface area contributed by atoms with Crippen molar-refractivity contribution in [2.75, 3.05) is 0 Å². The van der Waals surface area contributed by atoms with Crippen molar-refractivity contribution in [2.24, 2.45) is 0 Å². The lowest BCUT2D eigenvalue weighted by Crippen LogP contribution is -1.94. The Morgan fingerprint density at radius 2 is 2.20 bits per heavy atom. The van der Waals surface area contributed by atoms with Gasteiger partial charge in [0.15, 0.2) is 0 Å². The van der Waals surface area contributed by atoms with E-state index < -0.39 is 0 Å². The highest BCUT2D eigenvalue weighted by Crippen LogP contribution is 2.30. The second-order valence-corrected chi connectivity index (χ2v) is 2.88. The Hall–Kier alpha value is -0.300. The normalized spacial score (nSPS) is 32.5. The van der Waals surface area contributed by atoms with E-state index in [1.807, 2.05) is 0 Å². The van der Waals surface area contributed by atoms with Crippen LogP contribution < -0.4 is 0 Å². The minimum Gasteiger partial charge on any atom is -0.365 e. The predicted molar refractivity (Wildman–Crippen MR) is 43.0 cm³/mol. The van der Waals surface area contributed by atoms with Gasteiger partial charge in [-0.2, -0.15) is 0 Å². The maximum absolute atomic E-state index is 5.35. The molecule has 2 atom stereocenters. The molecule has 0 amide bonds. The fourth-order valence-electron chi connectivity index (χ4n) is 1.31. The molecule has 0 aromatic rings. The Kier molecular flexibility index (Phi) is 2.50. The summed E-state index contributed by atoms with van der Waals surface area (Å²) in [5, 5.41) is 0. The number of ether oxygens (including phenoxy) is 1. The third kappa shape index (κ3) is 1.60. The molecular weight excluding hydrogens is 124 g/mol. The molecule has 0 aromatic carbocycles. The van der Waals surface area contributed by atoms with Gasteiger partial charge in [0.2, 0.25) is 0 Å². The van der Waals surface area contributed by atoms with Gasteiger partial charge in [0.25, 0.3) is 0 Å². The van der Waals surface area contributed by atoms with Crippen LogP contribution in [0.3, 0.4) is 0 Å². The molecule has 0 bridgehead atoms. The fraction of sp³-hybridized carbons (Fsp3) is 0.778. The first-order valence-corrected chi connectivity index (χ1v) is 4.10. The second-order valence-electron chi connectivity index (χ2n) is 2.88. The standard InChI is InChI=1S/C9H16O/c1-4-6-8(5-2)9-7(3)10-9/h5,7,9H,4,6H2,1-3H3. The Labute approximate surface area is 63.1 Å². The zero-order valence-electron chi connectivity index (χ0n) is 7.05. The van der Waals surface area contributed by atoms with Crippen LogP contribution in [0.15, 0.2) is 11.6 Å². The Morgan fingerprint density at radius 1 is 1.60 bits per heavy atom. The molecule has 1 heterocycles. The first-order valence-electron chi connectivity index (χ1n) is 4.10. The average Bonchev–Trinajstić information content (AvgIpc) is 2.62. The van der Waals surface area contributed by atoms with Gasteiger partial charge in [0.1, 0.15) is 6.10 Å². The van der Waals surface area contributed by atoms with Crippen molar-refractivity contribution in [1.29, 1.82) is 0 Å². The Bertz CT molecular complexity index is 138. The van der Waals surface area contributed by atoms with Crippen LogP contribution in [-0.4, -0.2) is 12.2 Å². The molecule has 0 spiro atoms. The molecule has 1 saturated heterocycles. The number of hydrogen-bond donors (Lipinski definition) is 0. The van der Waals surface area contributed by atoms with E-state index in [9.17, 15) is 0 Å². The van der Waals surface area contributed by atoms with Crippen molar-refractivity contribution in [3.63, 3.8) is 0 Å². The highest BCUT2D eigenvalue weighted by Gasteiger charge is 2.36. The van der Waals surface area contributed by atoms with Gasteiger partial charge in [-0.15, -0.1) is 0 Å². The van der Waals surface area contributed by atoms with Crippen molar-refractivity contribution in [2.45, 2.75) is 45.8 Å². The molecule has 58 valence electrons. The van der Waals surface area contributed by atoms with E-state index in [2.05, 4.69) is 26.8 Å². The van der Waals surface area contributed by atoms with Crippen LogP contribution in [0.5, 0.6) is 0 Å². The maximum Gasteiger partial charge on any atom is 0.105 e. The number of hydrogen-bond acceptors (Lipinski definition) is 1. The van der Waals surface area contributed by atoms with E-state index in [0.717, 1.165) is 0 Å². The summed E-state index contributed by atoms with van der Waals surface area (Å²) in [7, 11) is 0. The molecular formula is C9H16O. The molecule has 10 heavy (non-hydrogen) atoms. The fourth-order valence-corrected chi connectivity index (χ4v) is 1.31. The Morgan fingerprint density at radius 3 is 2.50 bits per heavy atom. The van der Waals surface area contributed by atoms with Crippen molar-refractivity contribution in [1.82, 2.24) is 0 Å². The quantitative estimate of drug-likeness (QED) is 0.433. The van der Waals surface area contributed by atoms with E-state index in [1.54, 1.807) is 0 Å². The highest BCUT2D eigenvalue weighted by atomic mass is 16.6. The van der Waals surface area contributed by atoms with E-state index in [1.165, 1.54) is 18.4 Å². The predicted octanol–water partition coefficient (Wildman–Crippen LogP) is 2.52. The first-order chi connectivity index (χ1) is 4.79. The van der Waals surface area contributed by atoms with Crippen LogP contribution >= 0.6 is 0 Å². The largest absolute Gasteiger partial charge is 0.365 e. The zero-order chi connectivity index (χ0) is 7.56. The molecule has 1 rings (SSSR count). The van der Waals surface area contributed by atoms with Gasteiger partial charge in [-0.05, 0) is 25.8 Å². The second kappa shape index (κ2) is 3.20. The summed E-state index contributed by atoms with van der Waals surface area (Å²) in [5.41, 5.74) is 1.48. The Balaban J connectivity index is 2.36. The summed E-state index contributed by atoms with van der Waals surface area (Å²) in [6.07, 6.45) is 5.57. The zero-order valence-corrected chi connectivity index (χ0v) is 7.05. The summed E-state index contributed by atoms with van der Waals surface area (Å²) in [5.74, 6) is 0. The van der Waals surface area contributed by atoms with Crippen molar-refractivity contribution in [3.05, 3.63) is 11.6 Å². The van der Waals surface area contributed by atoms with E-state index in [-0.39, 0.29) is 0 Å².